The van der Waals surface area contributed by atoms with Crippen LogP contribution >= 0.6 is 0 Å². The molecule has 2 heterocycles. The van der Waals surface area contributed by atoms with Gasteiger partial charge in [0, 0.05) is 81.3 Å². The Labute approximate surface area is 390 Å². The van der Waals surface area contributed by atoms with E-state index in [0.29, 0.717) is 25.1 Å². The lowest BCUT2D eigenvalue weighted by Crippen LogP contribution is -2.45. The number of benzene rings is 5. The Morgan fingerprint density at radius 2 is 1.26 bits per heavy atom. The number of rotatable bonds is 17. The molecule has 1 N–H and O–H groups in total. The predicted molar refractivity (Wildman–Crippen MR) is 257 cm³/mol. The van der Waals surface area contributed by atoms with Crippen LogP contribution in [-0.4, -0.2) is 111 Å². The molecule has 0 aromatic heterocycles. The van der Waals surface area contributed by atoms with Gasteiger partial charge in [0.1, 0.15) is 11.7 Å². The Balaban J connectivity index is 1.25. The van der Waals surface area contributed by atoms with Gasteiger partial charge in [-0.1, -0.05) is 84.9 Å². The van der Waals surface area contributed by atoms with Gasteiger partial charge in [0.15, 0.2) is 0 Å². The molecule has 2 aliphatic rings. The first-order valence-corrected chi connectivity index (χ1v) is 25.3. The van der Waals surface area contributed by atoms with Gasteiger partial charge in [-0.25, -0.2) is 16.8 Å². The van der Waals surface area contributed by atoms with E-state index in [1.54, 1.807) is 45.8 Å². The van der Waals surface area contributed by atoms with E-state index in [1.165, 1.54) is 45.0 Å². The molecule has 0 aliphatic carbocycles. The molecule has 66 heavy (non-hydrogen) atoms. The highest BCUT2D eigenvalue weighted by molar-refractivity contribution is 7.89. The van der Waals surface area contributed by atoms with Crippen molar-refractivity contribution in [1.29, 1.82) is 0 Å². The summed E-state index contributed by atoms with van der Waals surface area (Å²) in [5.41, 5.74) is 5.37. The van der Waals surface area contributed by atoms with E-state index in [9.17, 15) is 31.5 Å². The van der Waals surface area contributed by atoms with Crippen molar-refractivity contribution in [2.75, 3.05) is 51.8 Å². The summed E-state index contributed by atoms with van der Waals surface area (Å²) >= 11 is 0. The topological polar surface area (TPSA) is 148 Å². The Kier molecular flexibility index (Phi) is 15.0. The first-order chi connectivity index (χ1) is 31.5. The lowest BCUT2D eigenvalue weighted by Gasteiger charge is -2.38. The van der Waals surface area contributed by atoms with Crippen molar-refractivity contribution in [2.45, 2.75) is 88.0 Å². The Morgan fingerprint density at radius 3 is 1.80 bits per heavy atom. The van der Waals surface area contributed by atoms with Crippen LogP contribution in [0.4, 0.5) is 5.69 Å². The summed E-state index contributed by atoms with van der Waals surface area (Å²) in [7, 11) is -4.65. The van der Waals surface area contributed by atoms with Crippen LogP contribution in [0.25, 0.3) is 0 Å². The van der Waals surface area contributed by atoms with Gasteiger partial charge in [0.25, 0.3) is 0 Å². The highest BCUT2D eigenvalue weighted by Gasteiger charge is 2.36. The van der Waals surface area contributed by atoms with Crippen molar-refractivity contribution in [1.82, 2.24) is 18.4 Å². The number of hydrogen-bond acceptors (Lipinski definition) is 9. The minimum atomic E-state index is -4.37. The summed E-state index contributed by atoms with van der Waals surface area (Å²) in [6, 6.07) is 31.7. The van der Waals surface area contributed by atoms with E-state index >= 15 is 0 Å². The quantitative estimate of drug-likeness (QED) is 0.104. The molecule has 5 aromatic rings. The second-order valence-electron chi connectivity index (χ2n) is 17.7. The average molecular weight is 936 g/mol. The number of aliphatic carboxylic acids is 1. The summed E-state index contributed by atoms with van der Waals surface area (Å²) in [5.74, 6) is -2.28. The second kappa shape index (κ2) is 20.5. The van der Waals surface area contributed by atoms with E-state index in [1.807, 2.05) is 66.7 Å². The van der Waals surface area contributed by atoms with Gasteiger partial charge in [0.2, 0.25) is 26.0 Å². The molecule has 0 saturated carbocycles. The molecule has 350 valence electrons. The van der Waals surface area contributed by atoms with Gasteiger partial charge < -0.3 is 24.5 Å². The normalized spacial score (nSPS) is 15.4. The van der Waals surface area contributed by atoms with Crippen LogP contribution in [-0.2, 0) is 62.1 Å². The van der Waals surface area contributed by atoms with Crippen molar-refractivity contribution >= 4 is 37.6 Å². The smallest absolute Gasteiger partial charge is 0.315 e. The molecule has 0 radical (unpaired) electrons. The first kappa shape index (κ1) is 48.4. The third-order valence-electron chi connectivity index (χ3n) is 12.7. The van der Waals surface area contributed by atoms with Crippen molar-refractivity contribution in [3.05, 3.63) is 154 Å². The molecular weight excluding hydrogens is 875 g/mol. The van der Waals surface area contributed by atoms with E-state index in [2.05, 4.69) is 22.9 Å². The van der Waals surface area contributed by atoms with Gasteiger partial charge in [-0.05, 0) is 99.3 Å². The number of carboxylic acid groups (broad SMARTS) is 1. The number of hydrogen-bond donors (Lipinski definition) is 1. The molecule has 0 spiro atoms. The molecular formula is C51H61N5O8S2. The monoisotopic (exact) mass is 935 g/mol. The maximum atomic E-state index is 14.9. The predicted octanol–water partition coefficient (Wildman–Crippen LogP) is 6.99. The molecule has 7 rings (SSSR count). The maximum absolute atomic E-state index is 14.9. The molecule has 1 unspecified atom stereocenters. The van der Waals surface area contributed by atoms with Crippen LogP contribution in [0.15, 0.2) is 125 Å². The van der Waals surface area contributed by atoms with Gasteiger partial charge in [-0.2, -0.15) is 8.61 Å². The molecule has 1 atom stereocenters. The van der Waals surface area contributed by atoms with Crippen LogP contribution in [0, 0.1) is 0 Å². The summed E-state index contributed by atoms with van der Waals surface area (Å²) in [6.45, 7) is 11.7. The van der Waals surface area contributed by atoms with Crippen LogP contribution in [0.5, 0.6) is 5.75 Å². The zero-order valence-electron chi connectivity index (χ0n) is 38.6. The minimum absolute atomic E-state index is 0.0268. The number of carboxylic acids is 1. The molecule has 5 aromatic carbocycles. The third kappa shape index (κ3) is 10.5. The molecule has 2 aliphatic heterocycles. The number of methoxy groups -OCH3 is 1. The van der Waals surface area contributed by atoms with E-state index in [0.717, 1.165) is 59.9 Å². The number of nitrogens with zero attached hydrogens (tertiary/aromatic N) is 5. The summed E-state index contributed by atoms with van der Waals surface area (Å²) in [5, 5.41) is 11.0. The maximum Gasteiger partial charge on any atom is 0.315 e. The third-order valence-corrected chi connectivity index (χ3v) is 16.8. The number of amides is 1. The number of carbonyl (C=O) groups is 2. The SMILES string of the molecule is COc1ccc(N2CCN(C)CC2)c2c1CCN(C(=O)Cc1ccc(S(=O)(=O)N(Cc3ccccc3)C(C)C)c(C(C(=O)O)c3ccc(S(=O)(=O)N(Cc4ccccc4)C(C)C)cc3)c1)C2. The Morgan fingerprint density at radius 1 is 0.682 bits per heavy atom. The Bertz CT molecular complexity index is 2730. The van der Waals surface area contributed by atoms with E-state index in [-0.39, 0.29) is 52.4 Å². The number of fused-ring (bicyclic) bond motifs is 1. The molecule has 15 heteroatoms. The Hall–Kier alpha value is -5.58. The van der Waals surface area contributed by atoms with Crippen molar-refractivity contribution in [2.24, 2.45) is 0 Å². The molecule has 1 saturated heterocycles. The number of anilines is 1. The summed E-state index contributed by atoms with van der Waals surface area (Å²) in [6.07, 6.45) is 0.485. The van der Waals surface area contributed by atoms with Gasteiger partial charge in [0.05, 0.1) is 23.3 Å². The van der Waals surface area contributed by atoms with Crippen LogP contribution in [0.3, 0.4) is 0 Å². The van der Waals surface area contributed by atoms with Gasteiger partial charge in [-0.3, -0.25) is 9.59 Å². The van der Waals surface area contributed by atoms with Crippen LogP contribution in [0.1, 0.15) is 72.6 Å². The van der Waals surface area contributed by atoms with Crippen molar-refractivity contribution < 1.29 is 36.3 Å². The number of ether oxygens (including phenoxy) is 1. The lowest BCUT2D eigenvalue weighted by atomic mass is 9.89. The number of carbonyl (C=O) groups excluding carboxylic acids is 1. The van der Waals surface area contributed by atoms with Crippen molar-refractivity contribution in [3.63, 3.8) is 0 Å². The number of piperazine rings is 1. The molecule has 1 amide bonds. The zero-order valence-corrected chi connectivity index (χ0v) is 40.3. The summed E-state index contributed by atoms with van der Waals surface area (Å²) < 4.78 is 66.5. The standard InChI is InChI=1S/C51H61N5O8S2/c1-36(2)55(33-38-13-9-7-10-14-38)65(60,61)42-20-18-41(19-21-42)50(51(58)59)44-31-40(17-24-48(44)66(62,63)56(37(3)4)34-39-15-11-8-12-16-39)32-49(57)54-26-25-43-45(35-54)46(22-23-47(43)64-6)53-29-27-52(5)28-30-53/h7-24,31,36-37,50H,25-30,32-35H2,1-6H3,(H,58,59). The number of likely N-dealkylation sites (N-methyl/N-ethyl adjacent to an activating group) is 1. The minimum Gasteiger partial charge on any atom is -0.496 e. The van der Waals surface area contributed by atoms with Crippen LogP contribution < -0.4 is 9.64 Å². The molecule has 13 nitrogen and oxygen atoms in total. The highest BCUT2D eigenvalue weighted by Crippen LogP contribution is 2.38. The van der Waals surface area contributed by atoms with E-state index < -0.39 is 38.0 Å². The van der Waals surface area contributed by atoms with Gasteiger partial charge in [-0.15, -0.1) is 0 Å². The second-order valence-corrected chi connectivity index (χ2v) is 21.5. The fourth-order valence-corrected chi connectivity index (χ4v) is 12.5. The van der Waals surface area contributed by atoms with Crippen molar-refractivity contribution in [3.8, 4) is 5.75 Å². The van der Waals surface area contributed by atoms with Crippen LogP contribution in [0.2, 0.25) is 0 Å². The fraction of sp³-hybridized carbons (Fsp3) is 0.373. The summed E-state index contributed by atoms with van der Waals surface area (Å²) in [4.78, 5) is 34.1. The molecule has 1 fully saturated rings. The average Bonchev–Trinajstić information content (AvgIpc) is 3.30. The van der Waals surface area contributed by atoms with Gasteiger partial charge >= 0.3 is 5.97 Å². The fourth-order valence-electron chi connectivity index (χ4n) is 8.99. The highest BCUT2D eigenvalue weighted by atomic mass is 32.2. The lowest BCUT2D eigenvalue weighted by molar-refractivity contribution is -0.137. The zero-order chi connectivity index (χ0) is 47.3. The number of sulfonamides is 2. The van der Waals surface area contributed by atoms with E-state index in [4.69, 9.17) is 4.74 Å². The largest absolute Gasteiger partial charge is 0.496 e. The molecule has 0 bridgehead atoms. The first-order valence-electron chi connectivity index (χ1n) is 22.5.